The molecule has 0 aliphatic carbocycles. The number of anilines is 1. The molecule has 0 radical (unpaired) electrons. The molecule has 6 nitrogen and oxygen atoms in total. The number of ketones is 1. The van der Waals surface area contributed by atoms with Gasteiger partial charge in [0.15, 0.2) is 10.1 Å². The van der Waals surface area contributed by atoms with Crippen LogP contribution < -0.4 is 5.32 Å². The van der Waals surface area contributed by atoms with Crippen LogP contribution in [-0.4, -0.2) is 35.0 Å². The number of nitrogens with zero attached hydrogens (tertiary/aromatic N) is 1. The smallest absolute Gasteiger partial charge is 0.311 e. The van der Waals surface area contributed by atoms with Gasteiger partial charge in [-0.25, -0.2) is 4.98 Å². The first-order valence-electron chi connectivity index (χ1n) is 8.67. The number of ether oxygens (including phenoxy) is 1. The standard InChI is InChI=1S/C19H22N2O4S2/c1-3-5-17(23)20-14-8-6-13(7-9-14)16(22)12-27-19-21-15(11-26-19)10-18(24)25-4-2/h6-9,11H,3-5,10,12H2,1-2H3,(H,20,23). The van der Waals surface area contributed by atoms with Crippen molar-refractivity contribution in [3.8, 4) is 0 Å². The van der Waals surface area contributed by atoms with E-state index < -0.39 is 0 Å². The summed E-state index contributed by atoms with van der Waals surface area (Å²) in [4.78, 5) is 39.7. The van der Waals surface area contributed by atoms with Crippen LogP contribution in [0.5, 0.6) is 0 Å². The maximum Gasteiger partial charge on any atom is 0.311 e. The maximum atomic E-state index is 12.3. The van der Waals surface area contributed by atoms with Gasteiger partial charge in [-0.15, -0.1) is 11.3 Å². The van der Waals surface area contributed by atoms with Crippen LogP contribution in [0.25, 0.3) is 0 Å². The molecule has 27 heavy (non-hydrogen) atoms. The summed E-state index contributed by atoms with van der Waals surface area (Å²) in [5.74, 6) is -0.0990. The maximum absolute atomic E-state index is 12.3. The van der Waals surface area contributed by atoms with Crippen LogP contribution in [0.15, 0.2) is 34.0 Å². The molecule has 1 N–H and O–H groups in total. The van der Waals surface area contributed by atoms with Gasteiger partial charge in [-0.1, -0.05) is 18.7 Å². The van der Waals surface area contributed by atoms with Gasteiger partial charge in [-0.2, -0.15) is 0 Å². The van der Waals surface area contributed by atoms with Crippen molar-refractivity contribution in [2.24, 2.45) is 0 Å². The Hall–Kier alpha value is -2.19. The van der Waals surface area contributed by atoms with E-state index in [9.17, 15) is 14.4 Å². The Morgan fingerprint density at radius 2 is 1.93 bits per heavy atom. The molecule has 2 aromatic rings. The Kier molecular flexibility index (Phi) is 8.47. The largest absolute Gasteiger partial charge is 0.466 e. The van der Waals surface area contributed by atoms with Gasteiger partial charge in [-0.05, 0) is 37.6 Å². The second-order valence-corrected chi connectivity index (χ2v) is 7.75. The van der Waals surface area contributed by atoms with E-state index in [1.54, 1.807) is 36.6 Å². The van der Waals surface area contributed by atoms with Gasteiger partial charge < -0.3 is 10.1 Å². The summed E-state index contributed by atoms with van der Waals surface area (Å²) in [5, 5.41) is 4.60. The van der Waals surface area contributed by atoms with E-state index in [-0.39, 0.29) is 29.8 Å². The Labute approximate surface area is 166 Å². The Morgan fingerprint density at radius 3 is 2.59 bits per heavy atom. The van der Waals surface area contributed by atoms with Crippen molar-refractivity contribution in [2.75, 3.05) is 17.7 Å². The predicted molar refractivity (Wildman–Crippen MR) is 107 cm³/mol. The Morgan fingerprint density at radius 1 is 1.19 bits per heavy atom. The molecular weight excluding hydrogens is 384 g/mol. The molecule has 0 unspecified atom stereocenters. The lowest BCUT2D eigenvalue weighted by atomic mass is 10.1. The summed E-state index contributed by atoms with van der Waals surface area (Å²) in [6, 6.07) is 6.87. The third-order valence-electron chi connectivity index (χ3n) is 3.46. The number of hydrogen-bond donors (Lipinski definition) is 1. The van der Waals surface area contributed by atoms with Crippen molar-refractivity contribution >= 4 is 46.4 Å². The molecule has 1 aromatic carbocycles. The number of hydrogen-bond acceptors (Lipinski definition) is 7. The van der Waals surface area contributed by atoms with Gasteiger partial charge >= 0.3 is 5.97 Å². The summed E-state index contributed by atoms with van der Waals surface area (Å²) in [6.45, 7) is 4.05. The van der Waals surface area contributed by atoms with E-state index in [0.29, 0.717) is 30.0 Å². The molecular formula is C19H22N2O4S2. The van der Waals surface area contributed by atoms with Crippen LogP contribution in [-0.2, 0) is 20.7 Å². The summed E-state index contributed by atoms with van der Waals surface area (Å²) in [5.41, 5.74) is 1.92. The highest BCUT2D eigenvalue weighted by Gasteiger charge is 2.12. The molecule has 0 saturated carbocycles. The van der Waals surface area contributed by atoms with Gasteiger partial charge in [-0.3, -0.25) is 14.4 Å². The zero-order valence-electron chi connectivity index (χ0n) is 15.3. The molecule has 2 rings (SSSR count). The van der Waals surface area contributed by atoms with Crippen LogP contribution in [0.2, 0.25) is 0 Å². The molecule has 0 fully saturated rings. The van der Waals surface area contributed by atoms with Crippen LogP contribution >= 0.6 is 23.1 Å². The van der Waals surface area contributed by atoms with E-state index in [0.717, 1.165) is 10.8 Å². The average Bonchev–Trinajstić information content (AvgIpc) is 3.08. The zero-order chi connectivity index (χ0) is 19.6. The fourth-order valence-corrected chi connectivity index (χ4v) is 3.94. The third kappa shape index (κ3) is 7.15. The molecule has 1 aromatic heterocycles. The fraction of sp³-hybridized carbons (Fsp3) is 0.368. The second kappa shape index (κ2) is 10.8. The van der Waals surface area contributed by atoms with E-state index in [4.69, 9.17) is 4.74 Å². The summed E-state index contributed by atoms with van der Waals surface area (Å²) in [7, 11) is 0. The first-order valence-corrected chi connectivity index (χ1v) is 10.5. The van der Waals surface area contributed by atoms with E-state index >= 15 is 0 Å². The molecule has 8 heteroatoms. The number of amides is 1. The zero-order valence-corrected chi connectivity index (χ0v) is 17.0. The number of carbonyl (C=O) groups excluding carboxylic acids is 3. The third-order valence-corrected chi connectivity index (χ3v) is 5.53. The number of Topliss-reactive ketones (excluding diaryl/α,β-unsaturated/α-hetero) is 1. The molecule has 144 valence electrons. The van der Waals surface area contributed by atoms with E-state index in [2.05, 4.69) is 10.3 Å². The van der Waals surface area contributed by atoms with E-state index in [1.807, 2.05) is 6.92 Å². The molecule has 0 aliphatic rings. The van der Waals surface area contributed by atoms with Crippen molar-refractivity contribution < 1.29 is 19.1 Å². The average molecular weight is 407 g/mol. The quantitative estimate of drug-likeness (QED) is 0.365. The van der Waals surface area contributed by atoms with Crippen LogP contribution in [0.1, 0.15) is 42.7 Å². The first-order chi connectivity index (χ1) is 13.0. The van der Waals surface area contributed by atoms with Gasteiger partial charge in [0, 0.05) is 23.1 Å². The minimum absolute atomic E-state index is 0.0198. The van der Waals surface area contributed by atoms with Crippen LogP contribution in [0.4, 0.5) is 5.69 Å². The lowest BCUT2D eigenvalue weighted by molar-refractivity contribution is -0.142. The van der Waals surface area contributed by atoms with Gasteiger partial charge in [0.25, 0.3) is 0 Å². The topological polar surface area (TPSA) is 85.4 Å². The Bertz CT molecular complexity index is 787. The minimum atomic E-state index is -0.304. The van der Waals surface area contributed by atoms with Crippen molar-refractivity contribution in [2.45, 2.75) is 37.4 Å². The van der Waals surface area contributed by atoms with Crippen LogP contribution in [0.3, 0.4) is 0 Å². The highest BCUT2D eigenvalue weighted by molar-refractivity contribution is 8.01. The second-order valence-electron chi connectivity index (χ2n) is 5.67. The van der Waals surface area contributed by atoms with Crippen molar-refractivity contribution in [3.63, 3.8) is 0 Å². The molecule has 0 atom stereocenters. The Balaban J connectivity index is 1.84. The van der Waals surface area contributed by atoms with Gasteiger partial charge in [0.05, 0.1) is 24.5 Å². The van der Waals surface area contributed by atoms with Gasteiger partial charge in [0.1, 0.15) is 0 Å². The number of carbonyl (C=O) groups is 3. The monoisotopic (exact) mass is 406 g/mol. The SMILES string of the molecule is CCCC(=O)Nc1ccc(C(=O)CSc2nc(CC(=O)OCC)cs2)cc1. The number of benzene rings is 1. The highest BCUT2D eigenvalue weighted by Crippen LogP contribution is 2.24. The minimum Gasteiger partial charge on any atom is -0.466 e. The molecule has 1 amide bonds. The number of rotatable bonds is 10. The first kappa shape index (κ1) is 21.1. The molecule has 0 spiro atoms. The summed E-state index contributed by atoms with van der Waals surface area (Å²) in [6.07, 6.45) is 1.41. The lowest BCUT2D eigenvalue weighted by Crippen LogP contribution is -2.10. The van der Waals surface area contributed by atoms with Crippen molar-refractivity contribution in [1.29, 1.82) is 0 Å². The van der Waals surface area contributed by atoms with E-state index in [1.165, 1.54) is 23.1 Å². The van der Waals surface area contributed by atoms with Crippen molar-refractivity contribution in [3.05, 3.63) is 40.9 Å². The molecule has 1 heterocycles. The van der Waals surface area contributed by atoms with Crippen molar-refractivity contribution in [1.82, 2.24) is 4.98 Å². The number of thiazole rings is 1. The number of aromatic nitrogens is 1. The van der Waals surface area contributed by atoms with Crippen LogP contribution in [0, 0.1) is 0 Å². The molecule has 0 saturated heterocycles. The number of esters is 1. The fourth-order valence-electron chi connectivity index (χ4n) is 2.20. The highest BCUT2D eigenvalue weighted by atomic mass is 32.2. The molecule has 0 aliphatic heterocycles. The summed E-state index contributed by atoms with van der Waals surface area (Å²) >= 11 is 2.75. The van der Waals surface area contributed by atoms with Gasteiger partial charge in [0.2, 0.25) is 5.91 Å². The lowest BCUT2D eigenvalue weighted by Gasteiger charge is -2.05. The number of thioether (sulfide) groups is 1. The normalized spacial score (nSPS) is 10.4. The summed E-state index contributed by atoms with van der Waals surface area (Å²) < 4.78 is 5.64. The molecule has 0 bridgehead atoms. The predicted octanol–water partition coefficient (Wildman–Crippen LogP) is 3.96. The number of nitrogens with one attached hydrogen (secondary N) is 1.